The van der Waals surface area contributed by atoms with Crippen molar-refractivity contribution in [3.05, 3.63) is 71.9 Å². The van der Waals surface area contributed by atoms with E-state index in [0.717, 1.165) is 61.5 Å². The Hall–Kier alpha value is -4.05. The number of halogens is 1. The molecular weight excluding hydrogens is 509 g/mol. The predicted molar refractivity (Wildman–Crippen MR) is 151 cm³/mol. The summed E-state index contributed by atoms with van der Waals surface area (Å²) in [4.78, 5) is 29.2. The van der Waals surface area contributed by atoms with Gasteiger partial charge in [0.05, 0.1) is 36.8 Å². The summed E-state index contributed by atoms with van der Waals surface area (Å²) in [7, 11) is 0. The van der Waals surface area contributed by atoms with Gasteiger partial charge >= 0.3 is 0 Å². The third-order valence-electron chi connectivity index (χ3n) is 7.79. The molecule has 2 aromatic heterocycles. The van der Waals surface area contributed by atoms with Crippen LogP contribution in [0.15, 0.2) is 54.7 Å². The summed E-state index contributed by atoms with van der Waals surface area (Å²) >= 11 is 0. The lowest BCUT2D eigenvalue weighted by atomic mass is 9.96. The molecule has 3 N–H and O–H groups in total. The summed E-state index contributed by atoms with van der Waals surface area (Å²) < 4.78 is 19.4. The molecule has 1 unspecified atom stereocenters. The first kappa shape index (κ1) is 26.2. The zero-order valence-corrected chi connectivity index (χ0v) is 22.4. The maximum absolute atomic E-state index is 13.8. The van der Waals surface area contributed by atoms with E-state index in [2.05, 4.69) is 20.2 Å². The molecule has 10 heteroatoms. The number of hydrogen-bond acceptors (Lipinski definition) is 6. The van der Waals surface area contributed by atoms with E-state index < -0.39 is 0 Å². The first-order valence-electron chi connectivity index (χ1n) is 14.0. The van der Waals surface area contributed by atoms with Crippen LogP contribution in [0, 0.1) is 17.1 Å². The van der Waals surface area contributed by atoms with Crippen LogP contribution in [0.1, 0.15) is 43.1 Å². The van der Waals surface area contributed by atoms with E-state index in [1.165, 1.54) is 12.1 Å². The minimum Gasteiger partial charge on any atom is -0.377 e. The van der Waals surface area contributed by atoms with Crippen LogP contribution in [-0.4, -0.2) is 70.5 Å². The normalized spacial score (nSPS) is 20.2. The Morgan fingerprint density at radius 2 is 1.95 bits per heavy atom. The largest absolute Gasteiger partial charge is 0.377 e. The average molecular weight is 544 g/mol. The van der Waals surface area contributed by atoms with Crippen LogP contribution in [-0.2, 0) is 9.53 Å². The van der Waals surface area contributed by atoms with Gasteiger partial charge in [0.25, 0.3) is 0 Å². The number of imidazole rings is 1. The highest BCUT2D eigenvalue weighted by Gasteiger charge is 2.30. The summed E-state index contributed by atoms with van der Waals surface area (Å²) in [6, 6.07) is 12.6. The maximum Gasteiger partial charge on any atom is 0.223 e. The van der Waals surface area contributed by atoms with Crippen LogP contribution in [0.25, 0.3) is 17.5 Å². The molecule has 9 nitrogen and oxygen atoms in total. The fourth-order valence-corrected chi connectivity index (χ4v) is 5.35. The number of rotatable bonds is 7. The molecular formula is C30H34FN7O2. The van der Waals surface area contributed by atoms with Crippen molar-refractivity contribution < 1.29 is 13.9 Å². The van der Waals surface area contributed by atoms with E-state index >= 15 is 0 Å². The number of anilines is 1. The van der Waals surface area contributed by atoms with E-state index in [1.54, 1.807) is 24.4 Å². The van der Waals surface area contributed by atoms with Gasteiger partial charge < -0.3 is 24.8 Å². The smallest absolute Gasteiger partial charge is 0.223 e. The van der Waals surface area contributed by atoms with Crippen LogP contribution >= 0.6 is 0 Å². The molecule has 208 valence electrons. The van der Waals surface area contributed by atoms with Crippen LogP contribution in [0.3, 0.4) is 0 Å². The molecule has 2 saturated heterocycles. The van der Waals surface area contributed by atoms with Crippen molar-refractivity contribution in [2.75, 3.05) is 37.7 Å². The van der Waals surface area contributed by atoms with Crippen molar-refractivity contribution in [3.63, 3.8) is 0 Å². The Morgan fingerprint density at radius 1 is 1.12 bits per heavy atom. The number of aromatic amines is 1. The van der Waals surface area contributed by atoms with Gasteiger partial charge in [-0.15, -0.1) is 0 Å². The van der Waals surface area contributed by atoms with Gasteiger partial charge in [0.1, 0.15) is 23.3 Å². The zero-order chi connectivity index (χ0) is 27.5. The lowest BCUT2D eigenvalue weighted by Crippen LogP contribution is -2.42. The van der Waals surface area contributed by atoms with Crippen molar-refractivity contribution in [2.45, 2.75) is 37.8 Å². The first-order chi connectivity index (χ1) is 19.5. The molecule has 1 amide bonds. The van der Waals surface area contributed by atoms with E-state index in [1.807, 2.05) is 29.2 Å². The standard InChI is InChI=1S/C30H34FN7O2/c31-22-4-1-3-21(17-22)26-19-40-16-15-38(26)27(32)9-10-28-33-18-25(35-28)24-5-2-6-29(36-24)37-13-11-20(12-14-37)30(39)34-23-7-8-23/h1-6,9-10,17-18,20,23,26,32H,7-8,11-16,19H2,(H,33,35)(H,34,39)/b10-9-,32-27?. The molecule has 0 radical (unpaired) electrons. The molecule has 1 aromatic carbocycles. The number of benzene rings is 1. The third kappa shape index (κ3) is 6.07. The van der Waals surface area contributed by atoms with Gasteiger partial charge in [-0.1, -0.05) is 18.2 Å². The number of carbonyl (C=O) groups is 1. The highest BCUT2D eigenvalue weighted by Crippen LogP contribution is 2.27. The molecule has 1 aliphatic carbocycles. The number of ether oxygens (including phenoxy) is 1. The summed E-state index contributed by atoms with van der Waals surface area (Å²) in [6.07, 6.45) is 9.10. The molecule has 0 bridgehead atoms. The van der Waals surface area contributed by atoms with Crippen LogP contribution in [0.4, 0.5) is 10.2 Å². The van der Waals surface area contributed by atoms with Gasteiger partial charge in [0.15, 0.2) is 0 Å². The molecule has 1 saturated carbocycles. The minimum atomic E-state index is -0.299. The van der Waals surface area contributed by atoms with Gasteiger partial charge in [-0.2, -0.15) is 0 Å². The zero-order valence-electron chi connectivity index (χ0n) is 22.4. The highest BCUT2D eigenvalue weighted by atomic mass is 19.1. The van der Waals surface area contributed by atoms with Crippen molar-refractivity contribution in [3.8, 4) is 11.4 Å². The summed E-state index contributed by atoms with van der Waals surface area (Å²) in [6.45, 7) is 3.07. The van der Waals surface area contributed by atoms with Crippen LogP contribution < -0.4 is 10.2 Å². The van der Waals surface area contributed by atoms with Gasteiger partial charge in [0, 0.05) is 31.6 Å². The van der Waals surface area contributed by atoms with Gasteiger partial charge in [-0.05, 0) is 67.7 Å². The van der Waals surface area contributed by atoms with E-state index in [9.17, 15) is 9.18 Å². The molecule has 3 aromatic rings. The molecule has 0 spiro atoms. The minimum absolute atomic E-state index is 0.0855. The number of H-pyrrole nitrogens is 1. The Morgan fingerprint density at radius 3 is 2.75 bits per heavy atom. The number of aromatic nitrogens is 3. The van der Waals surface area contributed by atoms with Crippen molar-refractivity contribution in [1.29, 1.82) is 5.41 Å². The number of nitrogens with zero attached hydrogens (tertiary/aromatic N) is 4. The van der Waals surface area contributed by atoms with E-state index in [0.29, 0.717) is 37.5 Å². The summed E-state index contributed by atoms with van der Waals surface area (Å²) in [5.41, 5.74) is 2.36. The number of amidine groups is 1. The van der Waals surface area contributed by atoms with Gasteiger partial charge in [-0.3, -0.25) is 10.2 Å². The Labute approximate surface area is 233 Å². The lowest BCUT2D eigenvalue weighted by molar-refractivity contribution is -0.125. The fourth-order valence-electron chi connectivity index (χ4n) is 5.35. The lowest BCUT2D eigenvalue weighted by Gasteiger charge is -2.36. The number of pyridine rings is 1. The molecule has 2 aliphatic heterocycles. The number of hydrogen-bond donors (Lipinski definition) is 3. The van der Waals surface area contributed by atoms with Crippen molar-refractivity contribution >= 4 is 23.6 Å². The van der Waals surface area contributed by atoms with E-state index in [4.69, 9.17) is 15.1 Å². The van der Waals surface area contributed by atoms with Gasteiger partial charge in [-0.25, -0.2) is 14.4 Å². The maximum atomic E-state index is 13.8. The Kier molecular flexibility index (Phi) is 7.59. The summed E-state index contributed by atoms with van der Waals surface area (Å²) in [5, 5.41) is 11.8. The van der Waals surface area contributed by atoms with Gasteiger partial charge in [0.2, 0.25) is 5.91 Å². The molecule has 6 rings (SSSR count). The molecule has 40 heavy (non-hydrogen) atoms. The highest BCUT2D eigenvalue weighted by molar-refractivity contribution is 5.94. The number of piperidine rings is 1. The SMILES string of the molecule is N=C(/C=C\c1ncc(-c2cccc(N3CCC(C(=O)NC4CC4)CC3)n2)[nH]1)N1CCOCC1c1cccc(F)c1. The first-order valence-corrected chi connectivity index (χ1v) is 14.0. The number of morpholine rings is 1. The monoisotopic (exact) mass is 543 g/mol. The number of carbonyl (C=O) groups excluding carboxylic acids is 1. The van der Waals surface area contributed by atoms with Crippen LogP contribution in [0.5, 0.6) is 0 Å². The Bertz CT molecular complexity index is 1390. The molecule has 3 aliphatic rings. The third-order valence-corrected chi connectivity index (χ3v) is 7.79. The van der Waals surface area contributed by atoms with Crippen LogP contribution in [0.2, 0.25) is 0 Å². The quantitative estimate of drug-likeness (QED) is 0.305. The van der Waals surface area contributed by atoms with E-state index in [-0.39, 0.29) is 23.7 Å². The average Bonchev–Trinajstić information content (AvgIpc) is 3.68. The molecule has 3 fully saturated rings. The molecule has 4 heterocycles. The summed E-state index contributed by atoms with van der Waals surface area (Å²) in [5.74, 6) is 1.81. The van der Waals surface area contributed by atoms with Crippen molar-refractivity contribution in [1.82, 2.24) is 25.2 Å². The topological polar surface area (TPSA) is 110 Å². The molecule has 1 atom stereocenters. The second kappa shape index (κ2) is 11.6. The number of nitrogens with one attached hydrogen (secondary N) is 3. The van der Waals surface area contributed by atoms with Crippen molar-refractivity contribution in [2.24, 2.45) is 5.92 Å². The Balaban J connectivity index is 1.09. The predicted octanol–water partition coefficient (Wildman–Crippen LogP) is 4.17. The second-order valence-corrected chi connectivity index (χ2v) is 10.7. The number of amides is 1. The second-order valence-electron chi connectivity index (χ2n) is 10.7. The fraction of sp³-hybridized carbons (Fsp3) is 0.400.